The fourth-order valence-electron chi connectivity index (χ4n) is 3.89. The first-order chi connectivity index (χ1) is 11.0. The summed E-state index contributed by atoms with van der Waals surface area (Å²) in [6.45, 7) is 4.54. The van der Waals surface area contributed by atoms with Gasteiger partial charge in [0.2, 0.25) is 0 Å². The second kappa shape index (κ2) is 4.76. The lowest BCUT2D eigenvalue weighted by Crippen LogP contribution is -2.25. The Balaban J connectivity index is 2.12. The average molecular weight is 304 g/mol. The van der Waals surface area contributed by atoms with Crippen LogP contribution in [0.1, 0.15) is 25.0 Å². The van der Waals surface area contributed by atoms with E-state index in [-0.39, 0.29) is 5.41 Å². The largest absolute Gasteiger partial charge is 0.507 e. The normalized spacial score (nSPS) is 15.1. The molecule has 0 saturated carbocycles. The Kier molecular flexibility index (Phi) is 2.92. The Morgan fingerprint density at radius 2 is 1.78 bits per heavy atom. The minimum atomic E-state index is 0.0657. The van der Waals surface area contributed by atoms with Crippen LogP contribution in [-0.2, 0) is 11.8 Å². The molecule has 0 fully saturated rings. The molecule has 0 amide bonds. The molecule has 0 atom stereocenters. The summed E-state index contributed by atoms with van der Waals surface area (Å²) in [6.07, 6.45) is 0.925. The minimum absolute atomic E-state index is 0.0657. The third kappa shape index (κ3) is 2.02. The zero-order valence-corrected chi connectivity index (χ0v) is 13.7. The predicted molar refractivity (Wildman–Crippen MR) is 94.3 cm³/mol. The van der Waals surface area contributed by atoms with Gasteiger partial charge in [0.05, 0.1) is 7.11 Å². The highest BCUT2D eigenvalue weighted by Gasteiger charge is 2.32. The molecule has 2 heteroatoms. The van der Waals surface area contributed by atoms with Crippen molar-refractivity contribution in [3.8, 4) is 22.6 Å². The van der Waals surface area contributed by atoms with E-state index in [0.717, 1.165) is 22.9 Å². The Hall–Kier alpha value is -2.48. The van der Waals surface area contributed by atoms with Crippen molar-refractivity contribution in [2.45, 2.75) is 25.7 Å². The smallest absolute Gasteiger partial charge is 0.123 e. The van der Waals surface area contributed by atoms with Gasteiger partial charge in [-0.15, -0.1) is 0 Å². The summed E-state index contributed by atoms with van der Waals surface area (Å²) in [5.41, 5.74) is 5.17. The quantitative estimate of drug-likeness (QED) is 0.681. The van der Waals surface area contributed by atoms with Gasteiger partial charge in [0.1, 0.15) is 11.5 Å². The molecule has 0 aromatic heterocycles. The van der Waals surface area contributed by atoms with Crippen LogP contribution in [0.5, 0.6) is 11.5 Å². The Bertz CT molecular complexity index is 923. The molecule has 1 aliphatic carbocycles. The number of aromatic hydroxyl groups is 1. The molecular weight excluding hydrogens is 284 g/mol. The summed E-state index contributed by atoms with van der Waals surface area (Å²) in [6, 6.07) is 16.5. The van der Waals surface area contributed by atoms with E-state index in [1.165, 1.54) is 22.3 Å². The van der Waals surface area contributed by atoms with E-state index in [4.69, 9.17) is 4.74 Å². The lowest BCUT2D eigenvalue weighted by Gasteiger charge is -2.35. The molecule has 0 spiro atoms. The van der Waals surface area contributed by atoms with Crippen LogP contribution in [0.4, 0.5) is 0 Å². The standard InChI is InChI=1S/C21H20O2/c1-21(2)12-13-10-19(22)17-11-14(23-3)8-9-15(17)20(13)16-6-4-5-7-18(16)21/h4-11,22H,12H2,1-3H3. The number of hydrogen-bond acceptors (Lipinski definition) is 2. The van der Waals surface area contributed by atoms with Gasteiger partial charge >= 0.3 is 0 Å². The topological polar surface area (TPSA) is 29.5 Å². The maximum atomic E-state index is 10.5. The third-order valence-electron chi connectivity index (χ3n) is 4.96. The summed E-state index contributed by atoms with van der Waals surface area (Å²) in [7, 11) is 1.65. The number of hydrogen-bond donors (Lipinski definition) is 1. The summed E-state index contributed by atoms with van der Waals surface area (Å²) in [5, 5.41) is 12.4. The second-order valence-corrected chi connectivity index (χ2v) is 6.95. The maximum absolute atomic E-state index is 10.5. The van der Waals surface area contributed by atoms with E-state index in [1.807, 2.05) is 18.2 Å². The minimum Gasteiger partial charge on any atom is -0.507 e. The van der Waals surface area contributed by atoms with Gasteiger partial charge in [0.15, 0.2) is 0 Å². The number of methoxy groups -OCH3 is 1. The van der Waals surface area contributed by atoms with Crippen molar-refractivity contribution in [3.05, 3.63) is 59.7 Å². The van der Waals surface area contributed by atoms with Crippen LogP contribution >= 0.6 is 0 Å². The highest BCUT2D eigenvalue weighted by Crippen LogP contribution is 2.48. The van der Waals surface area contributed by atoms with Crippen molar-refractivity contribution in [1.82, 2.24) is 0 Å². The molecule has 4 rings (SSSR count). The highest BCUT2D eigenvalue weighted by molar-refractivity contribution is 6.03. The number of phenolic OH excluding ortho intramolecular Hbond substituents is 1. The fraction of sp³-hybridized carbons (Fsp3) is 0.238. The Labute approximate surface area is 136 Å². The first kappa shape index (κ1) is 14.1. The first-order valence-corrected chi connectivity index (χ1v) is 7.94. The van der Waals surface area contributed by atoms with Gasteiger partial charge in [-0.05, 0) is 63.7 Å². The van der Waals surface area contributed by atoms with Crippen LogP contribution in [0.3, 0.4) is 0 Å². The molecule has 2 nitrogen and oxygen atoms in total. The molecule has 3 aromatic carbocycles. The summed E-state index contributed by atoms with van der Waals surface area (Å²) in [5.74, 6) is 1.09. The van der Waals surface area contributed by atoms with Crippen LogP contribution in [0.2, 0.25) is 0 Å². The Morgan fingerprint density at radius 3 is 2.57 bits per heavy atom. The first-order valence-electron chi connectivity index (χ1n) is 7.94. The van der Waals surface area contributed by atoms with Crippen LogP contribution in [-0.4, -0.2) is 12.2 Å². The van der Waals surface area contributed by atoms with Crippen molar-refractivity contribution in [1.29, 1.82) is 0 Å². The van der Waals surface area contributed by atoms with Gasteiger partial charge in [0, 0.05) is 5.39 Å². The van der Waals surface area contributed by atoms with E-state index in [2.05, 4.69) is 44.2 Å². The van der Waals surface area contributed by atoms with Crippen LogP contribution in [0, 0.1) is 0 Å². The zero-order valence-electron chi connectivity index (χ0n) is 13.7. The number of rotatable bonds is 1. The van der Waals surface area contributed by atoms with Gasteiger partial charge in [-0.2, -0.15) is 0 Å². The molecule has 0 bridgehead atoms. The van der Waals surface area contributed by atoms with Gasteiger partial charge in [-0.25, -0.2) is 0 Å². The predicted octanol–water partition coefficient (Wildman–Crippen LogP) is 5.05. The lowest BCUT2D eigenvalue weighted by atomic mass is 9.69. The van der Waals surface area contributed by atoms with Gasteiger partial charge in [0.25, 0.3) is 0 Å². The number of phenols is 1. The molecule has 0 heterocycles. The van der Waals surface area contributed by atoms with Crippen LogP contribution in [0.15, 0.2) is 48.5 Å². The van der Waals surface area contributed by atoms with Crippen molar-refractivity contribution >= 4 is 10.8 Å². The molecule has 0 radical (unpaired) electrons. The van der Waals surface area contributed by atoms with Crippen LogP contribution < -0.4 is 4.74 Å². The molecule has 0 saturated heterocycles. The maximum Gasteiger partial charge on any atom is 0.123 e. The van der Waals surface area contributed by atoms with Gasteiger partial charge in [-0.1, -0.05) is 38.1 Å². The number of ether oxygens (including phenoxy) is 1. The van der Waals surface area contributed by atoms with E-state index >= 15 is 0 Å². The monoisotopic (exact) mass is 304 g/mol. The van der Waals surface area contributed by atoms with Gasteiger partial charge in [-0.3, -0.25) is 0 Å². The molecule has 23 heavy (non-hydrogen) atoms. The van der Waals surface area contributed by atoms with E-state index < -0.39 is 0 Å². The third-order valence-corrected chi connectivity index (χ3v) is 4.96. The Morgan fingerprint density at radius 1 is 1.00 bits per heavy atom. The summed E-state index contributed by atoms with van der Waals surface area (Å²) >= 11 is 0. The molecule has 0 aliphatic heterocycles. The van der Waals surface area contributed by atoms with Crippen molar-refractivity contribution in [2.24, 2.45) is 0 Å². The SMILES string of the molecule is COc1ccc2c3c(cc(O)c2c1)CC(C)(C)c1ccccc1-3. The molecule has 116 valence electrons. The lowest BCUT2D eigenvalue weighted by molar-refractivity contribution is 0.415. The molecule has 3 aromatic rings. The molecule has 1 aliphatic rings. The highest BCUT2D eigenvalue weighted by atomic mass is 16.5. The number of benzene rings is 3. The van der Waals surface area contributed by atoms with E-state index in [0.29, 0.717) is 5.75 Å². The van der Waals surface area contributed by atoms with Crippen molar-refractivity contribution in [3.63, 3.8) is 0 Å². The van der Waals surface area contributed by atoms with Crippen LogP contribution in [0.25, 0.3) is 21.9 Å². The van der Waals surface area contributed by atoms with E-state index in [9.17, 15) is 5.11 Å². The van der Waals surface area contributed by atoms with E-state index in [1.54, 1.807) is 7.11 Å². The number of fused-ring (bicyclic) bond motifs is 5. The zero-order chi connectivity index (χ0) is 16.2. The molecule has 1 N–H and O–H groups in total. The van der Waals surface area contributed by atoms with Crippen molar-refractivity contribution in [2.75, 3.05) is 7.11 Å². The molecular formula is C21H20O2. The van der Waals surface area contributed by atoms with Gasteiger partial charge < -0.3 is 9.84 Å². The van der Waals surface area contributed by atoms with Crippen molar-refractivity contribution < 1.29 is 9.84 Å². The average Bonchev–Trinajstić information content (AvgIpc) is 2.54. The molecule has 0 unspecified atom stereocenters. The summed E-state index contributed by atoms with van der Waals surface area (Å²) in [4.78, 5) is 0. The summed E-state index contributed by atoms with van der Waals surface area (Å²) < 4.78 is 5.31. The second-order valence-electron chi connectivity index (χ2n) is 6.95. The fourth-order valence-corrected chi connectivity index (χ4v) is 3.89.